The number of aromatic nitrogens is 1. The fourth-order valence-corrected chi connectivity index (χ4v) is 1.79. The van der Waals surface area contributed by atoms with E-state index >= 15 is 0 Å². The summed E-state index contributed by atoms with van der Waals surface area (Å²) in [7, 11) is 0. The Hall–Kier alpha value is -1.87. The Morgan fingerprint density at radius 1 is 1.18 bits per heavy atom. The number of nitrogens with zero attached hydrogens (tertiary/aromatic N) is 1. The van der Waals surface area contributed by atoms with Crippen molar-refractivity contribution in [2.45, 2.75) is 19.4 Å². The molecule has 3 heteroatoms. The maximum absolute atomic E-state index is 10.1. The van der Waals surface area contributed by atoms with Crippen molar-refractivity contribution in [3.63, 3.8) is 0 Å². The summed E-state index contributed by atoms with van der Waals surface area (Å²) in [5.74, 6) is 0.237. The number of benzene rings is 1. The van der Waals surface area contributed by atoms with Gasteiger partial charge in [0, 0.05) is 24.4 Å². The second-order valence-electron chi connectivity index (χ2n) is 4.12. The monoisotopic (exact) mass is 229 g/mol. The zero-order valence-corrected chi connectivity index (χ0v) is 9.67. The average molecular weight is 229 g/mol. The predicted octanol–water partition coefficient (Wildman–Crippen LogP) is 2.37. The number of aryl methyl sites for hydroxylation is 1. The van der Waals surface area contributed by atoms with Crippen LogP contribution in [0.15, 0.2) is 42.7 Å². The van der Waals surface area contributed by atoms with Gasteiger partial charge in [-0.2, -0.15) is 0 Å². The van der Waals surface area contributed by atoms with E-state index in [9.17, 15) is 10.2 Å². The first kappa shape index (κ1) is 11.6. The van der Waals surface area contributed by atoms with E-state index in [4.69, 9.17) is 0 Å². The van der Waals surface area contributed by atoms with Gasteiger partial charge in [0.1, 0.15) is 5.75 Å². The summed E-state index contributed by atoms with van der Waals surface area (Å²) in [5.41, 5.74) is 2.87. The van der Waals surface area contributed by atoms with E-state index < -0.39 is 6.10 Å². The van der Waals surface area contributed by atoms with Crippen molar-refractivity contribution >= 4 is 0 Å². The lowest BCUT2D eigenvalue weighted by molar-refractivity contribution is 0.177. The Morgan fingerprint density at radius 3 is 2.53 bits per heavy atom. The summed E-state index contributed by atoms with van der Waals surface area (Å²) < 4.78 is 0. The number of aliphatic hydroxyl groups excluding tert-OH is 1. The van der Waals surface area contributed by atoms with Crippen LogP contribution in [0.1, 0.15) is 22.8 Å². The van der Waals surface area contributed by atoms with Gasteiger partial charge in [0.05, 0.1) is 6.10 Å². The van der Waals surface area contributed by atoms with Crippen molar-refractivity contribution in [1.82, 2.24) is 4.98 Å². The van der Waals surface area contributed by atoms with Crippen LogP contribution in [0.5, 0.6) is 5.75 Å². The summed E-state index contributed by atoms with van der Waals surface area (Å²) >= 11 is 0. The van der Waals surface area contributed by atoms with E-state index in [0.29, 0.717) is 6.42 Å². The summed E-state index contributed by atoms with van der Waals surface area (Å²) in [6, 6.07) is 8.75. The van der Waals surface area contributed by atoms with Crippen LogP contribution in [-0.2, 0) is 6.42 Å². The molecule has 0 spiro atoms. The molecule has 2 rings (SSSR count). The highest BCUT2D eigenvalue weighted by Crippen LogP contribution is 2.21. The number of phenolic OH excluding ortho intramolecular Hbond substituents is 1. The van der Waals surface area contributed by atoms with Gasteiger partial charge >= 0.3 is 0 Å². The van der Waals surface area contributed by atoms with Gasteiger partial charge in [-0.15, -0.1) is 0 Å². The molecule has 0 fully saturated rings. The fraction of sp³-hybridized carbons (Fsp3) is 0.214. The van der Waals surface area contributed by atoms with Crippen LogP contribution in [0.3, 0.4) is 0 Å². The maximum Gasteiger partial charge on any atom is 0.115 e. The van der Waals surface area contributed by atoms with E-state index in [-0.39, 0.29) is 5.75 Å². The van der Waals surface area contributed by atoms with Crippen LogP contribution in [-0.4, -0.2) is 15.2 Å². The molecule has 1 atom stereocenters. The van der Waals surface area contributed by atoms with E-state index in [1.54, 1.807) is 24.5 Å². The number of rotatable bonds is 3. The Morgan fingerprint density at radius 2 is 1.88 bits per heavy atom. The number of hydrogen-bond donors (Lipinski definition) is 2. The molecule has 0 aliphatic rings. The Labute approximate surface area is 100 Å². The van der Waals surface area contributed by atoms with Crippen molar-refractivity contribution in [2.75, 3.05) is 0 Å². The van der Waals surface area contributed by atoms with Crippen molar-refractivity contribution in [3.8, 4) is 5.75 Å². The molecular formula is C14H15NO2. The number of phenols is 1. The first-order valence-corrected chi connectivity index (χ1v) is 5.53. The van der Waals surface area contributed by atoms with Gasteiger partial charge in [0.25, 0.3) is 0 Å². The summed E-state index contributed by atoms with van der Waals surface area (Å²) in [5, 5.41) is 19.3. The molecule has 2 N–H and O–H groups in total. The lowest BCUT2D eigenvalue weighted by Crippen LogP contribution is -2.04. The Kier molecular flexibility index (Phi) is 3.40. The van der Waals surface area contributed by atoms with Crippen molar-refractivity contribution in [3.05, 3.63) is 59.4 Å². The van der Waals surface area contributed by atoms with Crippen LogP contribution >= 0.6 is 0 Å². The van der Waals surface area contributed by atoms with Gasteiger partial charge in [-0.1, -0.05) is 12.1 Å². The van der Waals surface area contributed by atoms with Crippen LogP contribution < -0.4 is 0 Å². The zero-order valence-electron chi connectivity index (χ0n) is 9.67. The van der Waals surface area contributed by atoms with Crippen molar-refractivity contribution in [2.24, 2.45) is 0 Å². The molecule has 0 saturated heterocycles. The molecule has 1 aromatic heterocycles. The Bertz CT molecular complexity index is 494. The van der Waals surface area contributed by atoms with E-state index in [2.05, 4.69) is 4.98 Å². The van der Waals surface area contributed by atoms with Gasteiger partial charge < -0.3 is 10.2 Å². The molecule has 1 unspecified atom stereocenters. The maximum atomic E-state index is 10.1. The first-order valence-electron chi connectivity index (χ1n) is 5.53. The van der Waals surface area contributed by atoms with Gasteiger partial charge in [-0.3, -0.25) is 4.98 Å². The molecule has 88 valence electrons. The SMILES string of the molecule is Cc1ccncc1C(O)Cc1ccc(O)cc1. The highest BCUT2D eigenvalue weighted by Gasteiger charge is 2.11. The van der Waals surface area contributed by atoms with E-state index in [1.807, 2.05) is 25.1 Å². The summed E-state index contributed by atoms with van der Waals surface area (Å²) in [4.78, 5) is 4.02. The third-order valence-corrected chi connectivity index (χ3v) is 2.80. The highest BCUT2D eigenvalue weighted by molar-refractivity contribution is 5.29. The molecule has 0 amide bonds. The smallest absolute Gasteiger partial charge is 0.115 e. The third-order valence-electron chi connectivity index (χ3n) is 2.80. The standard InChI is InChI=1S/C14H15NO2/c1-10-6-7-15-9-13(10)14(17)8-11-2-4-12(16)5-3-11/h2-7,9,14,16-17H,8H2,1H3. The van der Waals surface area contributed by atoms with Gasteiger partial charge in [0.15, 0.2) is 0 Å². The quantitative estimate of drug-likeness (QED) is 0.849. The van der Waals surface area contributed by atoms with E-state index in [0.717, 1.165) is 16.7 Å². The molecule has 0 aliphatic heterocycles. The summed E-state index contributed by atoms with van der Waals surface area (Å²) in [6.45, 7) is 1.96. The molecule has 3 nitrogen and oxygen atoms in total. The van der Waals surface area contributed by atoms with E-state index in [1.165, 1.54) is 0 Å². The first-order chi connectivity index (χ1) is 8.16. The zero-order chi connectivity index (χ0) is 12.3. The number of aromatic hydroxyl groups is 1. The van der Waals surface area contributed by atoms with Gasteiger partial charge in [-0.05, 0) is 36.2 Å². The summed E-state index contributed by atoms with van der Waals surface area (Å²) in [6.07, 6.45) is 3.37. The number of hydrogen-bond acceptors (Lipinski definition) is 3. The minimum atomic E-state index is -0.562. The van der Waals surface area contributed by atoms with Gasteiger partial charge in [-0.25, -0.2) is 0 Å². The predicted molar refractivity (Wildman–Crippen MR) is 65.7 cm³/mol. The average Bonchev–Trinajstić information content (AvgIpc) is 2.32. The molecule has 0 saturated carbocycles. The number of aliphatic hydroxyl groups is 1. The molecule has 1 aromatic carbocycles. The lowest BCUT2D eigenvalue weighted by atomic mass is 10.00. The highest BCUT2D eigenvalue weighted by atomic mass is 16.3. The van der Waals surface area contributed by atoms with Crippen LogP contribution in [0, 0.1) is 6.92 Å². The Balaban J connectivity index is 2.14. The van der Waals surface area contributed by atoms with Crippen LogP contribution in [0.4, 0.5) is 0 Å². The molecule has 0 radical (unpaired) electrons. The van der Waals surface area contributed by atoms with Crippen LogP contribution in [0.2, 0.25) is 0 Å². The minimum absolute atomic E-state index is 0.237. The molecule has 17 heavy (non-hydrogen) atoms. The fourth-order valence-electron chi connectivity index (χ4n) is 1.79. The second kappa shape index (κ2) is 4.97. The lowest BCUT2D eigenvalue weighted by Gasteiger charge is -2.13. The molecule has 0 aliphatic carbocycles. The molecular weight excluding hydrogens is 214 g/mol. The topological polar surface area (TPSA) is 53.4 Å². The molecule has 0 bridgehead atoms. The van der Waals surface area contributed by atoms with Crippen molar-refractivity contribution in [1.29, 1.82) is 0 Å². The number of pyridine rings is 1. The normalized spacial score (nSPS) is 12.4. The molecule has 2 aromatic rings. The van der Waals surface area contributed by atoms with Crippen LogP contribution in [0.25, 0.3) is 0 Å². The van der Waals surface area contributed by atoms with Gasteiger partial charge in [0.2, 0.25) is 0 Å². The van der Waals surface area contributed by atoms with Crippen molar-refractivity contribution < 1.29 is 10.2 Å². The third kappa shape index (κ3) is 2.82. The second-order valence-corrected chi connectivity index (χ2v) is 4.12. The molecule has 1 heterocycles. The largest absolute Gasteiger partial charge is 0.508 e. The minimum Gasteiger partial charge on any atom is -0.508 e.